The number of benzene rings is 2. The van der Waals surface area contributed by atoms with Gasteiger partial charge in [-0.05, 0) is 49.4 Å². The summed E-state index contributed by atoms with van der Waals surface area (Å²) in [6.07, 6.45) is 2.59. The van der Waals surface area contributed by atoms with Crippen molar-refractivity contribution in [1.82, 2.24) is 14.8 Å². The van der Waals surface area contributed by atoms with Crippen LogP contribution in [-0.2, 0) is 11.2 Å². The van der Waals surface area contributed by atoms with E-state index in [0.717, 1.165) is 0 Å². The van der Waals surface area contributed by atoms with Gasteiger partial charge in [-0.15, -0.1) is 0 Å². The monoisotopic (exact) mass is 589 g/mol. The van der Waals surface area contributed by atoms with E-state index in [1.165, 1.54) is 17.3 Å². The summed E-state index contributed by atoms with van der Waals surface area (Å²) in [6.45, 7) is 4.22. The molecule has 2 aromatic carbocycles. The van der Waals surface area contributed by atoms with Crippen LogP contribution in [0.4, 0.5) is 16.2 Å². The SMILES string of the molecule is C[C@H](CO)N1C[C@H](C)[C@H](CN(C)C(=O)Nc2ccc3c(c2)OCO3)Oc2ccc(NC(=O)c3ccncc3)cc2CC1=O. The molecular formula is C31H35N5O7. The Balaban J connectivity index is 1.36. The molecule has 0 bridgehead atoms. The predicted octanol–water partition coefficient (Wildman–Crippen LogP) is 3.38. The van der Waals surface area contributed by atoms with E-state index in [-0.39, 0.29) is 50.1 Å². The highest BCUT2D eigenvalue weighted by Crippen LogP contribution is 2.34. The Bertz CT molecular complexity index is 1480. The number of pyridine rings is 1. The molecule has 3 N–H and O–H groups in total. The van der Waals surface area contributed by atoms with E-state index >= 15 is 0 Å². The van der Waals surface area contributed by atoms with Gasteiger partial charge in [-0.2, -0.15) is 0 Å². The molecule has 0 aliphatic carbocycles. The van der Waals surface area contributed by atoms with E-state index in [1.807, 2.05) is 6.92 Å². The Kier molecular flexibility index (Phi) is 8.96. The molecule has 0 fully saturated rings. The Morgan fingerprint density at radius 2 is 1.74 bits per heavy atom. The fraction of sp³-hybridized carbons (Fsp3) is 0.355. The van der Waals surface area contributed by atoms with Gasteiger partial charge < -0.3 is 39.8 Å². The highest BCUT2D eigenvalue weighted by molar-refractivity contribution is 6.04. The maximum Gasteiger partial charge on any atom is 0.321 e. The molecule has 2 aliphatic rings. The van der Waals surface area contributed by atoms with Crippen molar-refractivity contribution in [2.24, 2.45) is 5.92 Å². The Hall–Kier alpha value is -4.84. The summed E-state index contributed by atoms with van der Waals surface area (Å²) in [7, 11) is 1.67. The first kappa shape index (κ1) is 29.6. The highest BCUT2D eigenvalue weighted by atomic mass is 16.7. The molecule has 0 saturated heterocycles. The van der Waals surface area contributed by atoms with Gasteiger partial charge >= 0.3 is 6.03 Å². The normalized spacial score (nSPS) is 18.3. The van der Waals surface area contributed by atoms with Crippen LogP contribution in [0.5, 0.6) is 17.2 Å². The van der Waals surface area contributed by atoms with Gasteiger partial charge in [0.1, 0.15) is 11.9 Å². The van der Waals surface area contributed by atoms with Crippen molar-refractivity contribution in [3.8, 4) is 17.2 Å². The first-order chi connectivity index (χ1) is 20.7. The Morgan fingerprint density at radius 3 is 2.49 bits per heavy atom. The number of urea groups is 1. The summed E-state index contributed by atoms with van der Waals surface area (Å²) < 4.78 is 17.2. The number of anilines is 2. The van der Waals surface area contributed by atoms with Gasteiger partial charge in [0, 0.05) is 60.5 Å². The second kappa shape index (κ2) is 13.0. The molecule has 12 nitrogen and oxygen atoms in total. The van der Waals surface area contributed by atoms with Crippen LogP contribution in [0.3, 0.4) is 0 Å². The van der Waals surface area contributed by atoms with Crippen LogP contribution >= 0.6 is 0 Å². The van der Waals surface area contributed by atoms with Crippen molar-refractivity contribution in [1.29, 1.82) is 0 Å². The molecule has 2 aliphatic heterocycles. The first-order valence-electron chi connectivity index (χ1n) is 14.0. The molecule has 5 rings (SSSR count). The highest BCUT2D eigenvalue weighted by Gasteiger charge is 2.32. The summed E-state index contributed by atoms with van der Waals surface area (Å²) in [5.41, 5.74) is 2.09. The third-order valence-corrected chi connectivity index (χ3v) is 7.54. The molecule has 0 saturated carbocycles. The zero-order chi connectivity index (χ0) is 30.5. The number of aliphatic hydroxyl groups is 1. The van der Waals surface area contributed by atoms with Crippen LogP contribution in [0.2, 0.25) is 0 Å². The number of rotatable bonds is 7. The summed E-state index contributed by atoms with van der Waals surface area (Å²) in [5, 5.41) is 15.6. The molecule has 0 spiro atoms. The molecule has 43 heavy (non-hydrogen) atoms. The second-order valence-electron chi connectivity index (χ2n) is 10.8. The summed E-state index contributed by atoms with van der Waals surface area (Å²) in [6, 6.07) is 12.8. The summed E-state index contributed by atoms with van der Waals surface area (Å²) in [4.78, 5) is 46.5. The number of likely N-dealkylation sites (N-methyl/N-ethyl adjacent to an activating group) is 1. The predicted molar refractivity (Wildman–Crippen MR) is 158 cm³/mol. The van der Waals surface area contributed by atoms with E-state index < -0.39 is 12.1 Å². The molecule has 1 aromatic heterocycles. The lowest BCUT2D eigenvalue weighted by atomic mass is 10.0. The van der Waals surface area contributed by atoms with Gasteiger partial charge in [0.05, 0.1) is 25.6 Å². The lowest BCUT2D eigenvalue weighted by Crippen LogP contribution is -2.48. The number of carbonyl (C=O) groups is 3. The van der Waals surface area contributed by atoms with Gasteiger partial charge in [-0.3, -0.25) is 14.6 Å². The smallest absolute Gasteiger partial charge is 0.321 e. The number of ether oxygens (including phenoxy) is 3. The number of aromatic nitrogens is 1. The zero-order valence-corrected chi connectivity index (χ0v) is 24.3. The Labute approximate surface area is 249 Å². The Morgan fingerprint density at radius 1 is 1.05 bits per heavy atom. The largest absolute Gasteiger partial charge is 0.488 e. The second-order valence-corrected chi connectivity index (χ2v) is 10.8. The van der Waals surface area contributed by atoms with E-state index in [9.17, 15) is 19.5 Å². The summed E-state index contributed by atoms with van der Waals surface area (Å²) >= 11 is 0. The molecular weight excluding hydrogens is 554 g/mol. The molecule has 12 heteroatoms. The topological polar surface area (TPSA) is 143 Å². The molecule has 3 atom stereocenters. The number of nitrogens with one attached hydrogen (secondary N) is 2. The molecule has 4 amide bonds. The minimum Gasteiger partial charge on any atom is -0.488 e. The zero-order valence-electron chi connectivity index (χ0n) is 24.3. The molecule has 3 heterocycles. The number of fused-ring (bicyclic) bond motifs is 2. The minimum atomic E-state index is -0.497. The maximum absolute atomic E-state index is 13.5. The van der Waals surface area contributed by atoms with Crippen molar-refractivity contribution in [3.63, 3.8) is 0 Å². The third kappa shape index (κ3) is 6.97. The van der Waals surface area contributed by atoms with E-state index in [2.05, 4.69) is 15.6 Å². The van der Waals surface area contributed by atoms with E-state index in [0.29, 0.717) is 46.3 Å². The fourth-order valence-electron chi connectivity index (χ4n) is 4.98. The average molecular weight is 590 g/mol. The van der Waals surface area contributed by atoms with Crippen LogP contribution in [0.15, 0.2) is 60.9 Å². The number of amides is 4. The van der Waals surface area contributed by atoms with Gasteiger partial charge in [0.15, 0.2) is 11.5 Å². The van der Waals surface area contributed by atoms with Crippen LogP contribution < -0.4 is 24.8 Å². The van der Waals surface area contributed by atoms with Gasteiger partial charge in [0.25, 0.3) is 5.91 Å². The van der Waals surface area contributed by atoms with Crippen molar-refractivity contribution in [2.75, 3.05) is 44.2 Å². The lowest BCUT2D eigenvalue weighted by Gasteiger charge is -2.34. The average Bonchev–Trinajstić information content (AvgIpc) is 3.49. The van der Waals surface area contributed by atoms with Gasteiger partial charge in [0.2, 0.25) is 12.7 Å². The molecule has 226 valence electrons. The van der Waals surface area contributed by atoms with Crippen molar-refractivity contribution in [2.45, 2.75) is 32.4 Å². The number of hydrogen-bond donors (Lipinski definition) is 3. The van der Waals surface area contributed by atoms with Crippen LogP contribution in [0, 0.1) is 5.92 Å². The molecule has 0 radical (unpaired) electrons. The minimum absolute atomic E-state index is 0.0124. The number of nitrogens with zero attached hydrogens (tertiary/aromatic N) is 3. The van der Waals surface area contributed by atoms with Gasteiger partial charge in [-0.25, -0.2) is 4.79 Å². The quantitative estimate of drug-likeness (QED) is 0.381. The van der Waals surface area contributed by atoms with Crippen molar-refractivity contribution < 1.29 is 33.7 Å². The van der Waals surface area contributed by atoms with Crippen molar-refractivity contribution in [3.05, 3.63) is 72.1 Å². The van der Waals surface area contributed by atoms with E-state index in [4.69, 9.17) is 14.2 Å². The fourth-order valence-corrected chi connectivity index (χ4v) is 4.98. The van der Waals surface area contributed by atoms with Crippen LogP contribution in [0.1, 0.15) is 29.8 Å². The number of aliphatic hydroxyl groups excluding tert-OH is 1. The molecule has 0 unspecified atom stereocenters. The number of carbonyl (C=O) groups excluding carboxylic acids is 3. The standard InChI is InChI=1S/C31H35N5O7/c1-19-15-36(20(2)17-37)29(38)13-22-12-23(33-30(39)21-8-10-32-11-9-21)4-6-25(22)43-28(19)16-35(3)31(40)34-24-5-7-26-27(14-24)42-18-41-26/h4-12,14,19-20,28,37H,13,15-18H2,1-3H3,(H,33,39)(H,34,40)/t19-,20+,28-/m0/s1. The maximum atomic E-state index is 13.5. The van der Waals surface area contributed by atoms with Crippen LogP contribution in [0.25, 0.3) is 0 Å². The summed E-state index contributed by atoms with van der Waals surface area (Å²) in [5.74, 6) is 0.977. The van der Waals surface area contributed by atoms with Crippen molar-refractivity contribution >= 4 is 29.2 Å². The van der Waals surface area contributed by atoms with Gasteiger partial charge in [-0.1, -0.05) is 6.92 Å². The molecule has 3 aromatic rings. The van der Waals surface area contributed by atoms with Crippen LogP contribution in [-0.4, -0.2) is 83.4 Å². The first-order valence-corrected chi connectivity index (χ1v) is 14.0. The number of hydrogen-bond acceptors (Lipinski definition) is 8. The lowest BCUT2D eigenvalue weighted by molar-refractivity contribution is -0.134. The third-order valence-electron chi connectivity index (χ3n) is 7.54. The van der Waals surface area contributed by atoms with E-state index in [1.54, 1.807) is 67.4 Å².